The number of fused-ring (bicyclic) bond motifs is 1. The van der Waals surface area contributed by atoms with Gasteiger partial charge in [0.05, 0.1) is 5.69 Å². The Morgan fingerprint density at radius 3 is 2.64 bits per heavy atom. The van der Waals surface area contributed by atoms with Crippen molar-refractivity contribution in [3.05, 3.63) is 54.1 Å². The van der Waals surface area contributed by atoms with Crippen LogP contribution in [0.15, 0.2) is 42.5 Å². The maximum Gasteiger partial charge on any atom is 0.206 e. The van der Waals surface area contributed by atoms with E-state index < -0.39 is 27.8 Å². The molecule has 1 aliphatic heterocycles. The van der Waals surface area contributed by atoms with Crippen molar-refractivity contribution in [1.82, 2.24) is 5.32 Å². The lowest BCUT2D eigenvalue weighted by molar-refractivity contribution is 0.234. The quantitative estimate of drug-likeness (QED) is 0.677. The van der Waals surface area contributed by atoms with Crippen molar-refractivity contribution in [2.45, 2.75) is 18.3 Å². The number of nitrogens with one attached hydrogen (secondary N) is 1. The number of anilines is 2. The van der Waals surface area contributed by atoms with Gasteiger partial charge in [0.1, 0.15) is 17.3 Å². The highest BCUT2D eigenvalue weighted by Crippen LogP contribution is 2.61. The van der Waals surface area contributed by atoms with Crippen molar-refractivity contribution in [2.24, 2.45) is 0 Å². The van der Waals surface area contributed by atoms with Crippen molar-refractivity contribution < 1.29 is 22.6 Å². The Morgan fingerprint density at radius 2 is 1.92 bits per heavy atom. The Kier molecular flexibility index (Phi) is 5.14. The smallest absolute Gasteiger partial charge is 0.206 e. The summed E-state index contributed by atoms with van der Waals surface area (Å²) in [6.07, 6.45) is 0.941. The highest BCUT2D eigenvalue weighted by Gasteiger charge is 2.42. The predicted octanol–water partition coefficient (Wildman–Crippen LogP) is 4.49. The van der Waals surface area contributed by atoms with E-state index in [1.807, 2.05) is 0 Å². The fourth-order valence-electron chi connectivity index (χ4n) is 2.77. The van der Waals surface area contributed by atoms with Gasteiger partial charge >= 0.3 is 0 Å². The highest BCUT2D eigenvalue weighted by atomic mass is 32.3. The predicted molar refractivity (Wildman–Crippen MR) is 95.4 cm³/mol. The fourth-order valence-corrected chi connectivity index (χ4v) is 4.60. The molecule has 0 spiro atoms. The first-order valence-corrected chi connectivity index (χ1v) is 9.44. The van der Waals surface area contributed by atoms with E-state index in [1.54, 1.807) is 13.1 Å². The van der Waals surface area contributed by atoms with Crippen LogP contribution in [0.5, 0.6) is 5.75 Å². The van der Waals surface area contributed by atoms with E-state index in [9.17, 15) is 17.9 Å². The summed E-state index contributed by atoms with van der Waals surface area (Å²) in [6.45, 7) is 0.658. The minimum absolute atomic E-state index is 0.0114. The summed E-state index contributed by atoms with van der Waals surface area (Å²) < 4.78 is 56.5. The van der Waals surface area contributed by atoms with Gasteiger partial charge < -0.3 is 10.1 Å². The first-order chi connectivity index (χ1) is 11.9. The van der Waals surface area contributed by atoms with Gasteiger partial charge in [-0.3, -0.25) is 9.11 Å². The normalized spacial score (nSPS) is 19.9. The zero-order valence-corrected chi connectivity index (χ0v) is 14.5. The van der Waals surface area contributed by atoms with E-state index in [1.165, 1.54) is 36.4 Å². The molecule has 25 heavy (non-hydrogen) atoms. The number of hydrogen-bond donors (Lipinski definition) is 3. The van der Waals surface area contributed by atoms with Crippen LogP contribution in [0.3, 0.4) is 0 Å². The van der Waals surface area contributed by atoms with Crippen molar-refractivity contribution in [2.75, 3.05) is 17.9 Å². The van der Waals surface area contributed by atoms with Crippen LogP contribution in [0.25, 0.3) is 0 Å². The fraction of sp³-hybridized carbons (Fsp3) is 0.294. The average molecular weight is 370 g/mol. The molecule has 8 heteroatoms. The third kappa shape index (κ3) is 3.43. The number of hydrogen-bond acceptors (Lipinski definition) is 5. The summed E-state index contributed by atoms with van der Waals surface area (Å²) in [5.41, 5.74) is -0.761. The van der Waals surface area contributed by atoms with Crippen LogP contribution in [0.2, 0.25) is 0 Å². The summed E-state index contributed by atoms with van der Waals surface area (Å²) in [5.74, 6) is -0.961. The molecular weight excluding hydrogens is 350 g/mol. The van der Waals surface area contributed by atoms with E-state index in [4.69, 9.17) is 4.74 Å². The Labute approximate surface area is 146 Å². The molecule has 0 unspecified atom stereocenters. The molecule has 0 radical (unpaired) electrons. The number of benzene rings is 2. The molecule has 136 valence electrons. The molecule has 1 aliphatic rings. The van der Waals surface area contributed by atoms with Crippen molar-refractivity contribution in [3.63, 3.8) is 0 Å². The molecule has 1 heterocycles. The average Bonchev–Trinajstić information content (AvgIpc) is 2.57. The Morgan fingerprint density at radius 1 is 1.16 bits per heavy atom. The molecule has 1 atom stereocenters. The van der Waals surface area contributed by atoms with E-state index in [-0.39, 0.29) is 17.1 Å². The van der Waals surface area contributed by atoms with E-state index in [2.05, 4.69) is 5.32 Å². The highest BCUT2D eigenvalue weighted by molar-refractivity contribution is 8.26. The van der Waals surface area contributed by atoms with E-state index >= 15 is 0 Å². The molecule has 0 amide bonds. The number of halogens is 2. The lowest BCUT2D eigenvalue weighted by atomic mass is 10.2. The first kappa shape index (κ1) is 17.9. The van der Waals surface area contributed by atoms with E-state index in [0.29, 0.717) is 19.4 Å². The molecule has 0 aromatic heterocycles. The summed E-state index contributed by atoms with van der Waals surface area (Å²) in [6, 6.07) is 9.50. The Balaban J connectivity index is 2.08. The zero-order chi connectivity index (χ0) is 18.0. The van der Waals surface area contributed by atoms with Gasteiger partial charge in [-0.1, -0.05) is 22.9 Å². The Bertz CT molecular complexity index is 760. The molecular formula is C17H20F2N2O3S. The van der Waals surface area contributed by atoms with Gasteiger partial charge in [0, 0.05) is 12.5 Å². The number of rotatable bonds is 5. The SMILES string of the molecule is CNCCC[C@@H]1Oc2cc(F)ccc2N(c2ccccc2F)S1(O)O. The summed E-state index contributed by atoms with van der Waals surface area (Å²) in [7, 11) is -1.74. The zero-order valence-electron chi connectivity index (χ0n) is 13.7. The van der Waals surface area contributed by atoms with Gasteiger partial charge in [-0.15, -0.1) is 0 Å². The molecule has 0 saturated carbocycles. The van der Waals surface area contributed by atoms with Crippen molar-refractivity contribution >= 4 is 22.2 Å². The second kappa shape index (κ2) is 7.17. The van der Waals surface area contributed by atoms with Crippen molar-refractivity contribution in [1.29, 1.82) is 0 Å². The minimum Gasteiger partial charge on any atom is -0.466 e. The van der Waals surface area contributed by atoms with Crippen LogP contribution in [0.1, 0.15) is 12.8 Å². The molecule has 2 aromatic carbocycles. The van der Waals surface area contributed by atoms with Gasteiger partial charge in [0.25, 0.3) is 0 Å². The maximum atomic E-state index is 14.3. The topological polar surface area (TPSA) is 65.0 Å². The molecule has 0 bridgehead atoms. The summed E-state index contributed by atoms with van der Waals surface area (Å²) in [4.78, 5) is 0. The molecule has 2 aromatic rings. The number of ether oxygens (including phenoxy) is 1. The largest absolute Gasteiger partial charge is 0.466 e. The van der Waals surface area contributed by atoms with Crippen LogP contribution < -0.4 is 14.4 Å². The van der Waals surface area contributed by atoms with Crippen molar-refractivity contribution in [3.8, 4) is 5.75 Å². The lowest BCUT2D eigenvalue weighted by Gasteiger charge is -2.51. The van der Waals surface area contributed by atoms with Crippen LogP contribution in [-0.2, 0) is 0 Å². The second-order valence-electron chi connectivity index (χ2n) is 5.71. The third-order valence-electron chi connectivity index (χ3n) is 3.96. The van der Waals surface area contributed by atoms with Gasteiger partial charge in [-0.05, 0) is 44.3 Å². The summed E-state index contributed by atoms with van der Waals surface area (Å²) >= 11 is 0. The van der Waals surface area contributed by atoms with Gasteiger partial charge in [-0.2, -0.15) is 0 Å². The molecule has 3 N–H and O–H groups in total. The van der Waals surface area contributed by atoms with Crippen LogP contribution in [-0.4, -0.2) is 28.1 Å². The van der Waals surface area contributed by atoms with Gasteiger partial charge in [0.2, 0.25) is 5.44 Å². The van der Waals surface area contributed by atoms with Crippen LogP contribution >= 0.6 is 10.8 Å². The molecule has 0 fully saturated rings. The molecule has 5 nitrogen and oxygen atoms in total. The molecule has 0 aliphatic carbocycles. The monoisotopic (exact) mass is 370 g/mol. The van der Waals surface area contributed by atoms with E-state index in [0.717, 1.165) is 4.31 Å². The number of para-hydroxylation sites is 1. The van der Waals surface area contributed by atoms with Gasteiger partial charge in [0.15, 0.2) is 5.75 Å². The standard InChI is InChI=1S/C17H20F2N2O3S/c1-20-10-4-7-17-24-16-11-12(18)8-9-15(16)21(25(17,22)23)14-6-3-2-5-13(14)19/h2-3,5-6,8-9,11,17,20,22-23H,4,7,10H2,1H3/t17-/m1/s1. The maximum absolute atomic E-state index is 14.3. The number of nitrogens with zero attached hydrogens (tertiary/aromatic N) is 1. The molecule has 3 rings (SSSR count). The minimum atomic E-state index is -3.53. The second-order valence-corrected chi connectivity index (χ2v) is 7.73. The third-order valence-corrected chi connectivity index (χ3v) is 5.93. The van der Waals surface area contributed by atoms with Crippen LogP contribution in [0.4, 0.5) is 20.2 Å². The molecule has 0 saturated heterocycles. The lowest BCUT2D eigenvalue weighted by Crippen LogP contribution is -2.39. The van der Waals surface area contributed by atoms with Gasteiger partial charge in [-0.25, -0.2) is 13.1 Å². The summed E-state index contributed by atoms with van der Waals surface area (Å²) in [5, 5.41) is 2.97. The van der Waals surface area contributed by atoms with Crippen LogP contribution in [0, 0.1) is 11.6 Å². The first-order valence-electron chi connectivity index (χ1n) is 7.88. The Hall–Kier alpha value is -1.87.